The maximum atomic E-state index is 13.7. The zero-order valence-electron chi connectivity index (χ0n) is 13.6. The number of aromatic nitrogens is 3. The summed E-state index contributed by atoms with van der Waals surface area (Å²) in [5.41, 5.74) is -1.25. The van der Waals surface area contributed by atoms with Crippen LogP contribution < -0.4 is 4.90 Å². The predicted molar refractivity (Wildman–Crippen MR) is 82.4 cm³/mol. The van der Waals surface area contributed by atoms with Crippen molar-refractivity contribution in [2.45, 2.75) is 32.2 Å². The lowest BCUT2D eigenvalue weighted by Crippen LogP contribution is -2.66. The summed E-state index contributed by atoms with van der Waals surface area (Å²) >= 11 is 0. The van der Waals surface area contributed by atoms with Crippen LogP contribution in [0, 0.1) is 6.92 Å². The highest BCUT2D eigenvalue weighted by Crippen LogP contribution is 2.42. The van der Waals surface area contributed by atoms with Crippen LogP contribution in [-0.4, -0.2) is 45.5 Å². The lowest BCUT2D eigenvalue weighted by Gasteiger charge is -2.45. The molecular formula is C16H16F4N4O. The normalized spacial score (nSPS) is 16.6. The number of aryl methyl sites for hydroxylation is 1. The van der Waals surface area contributed by atoms with Gasteiger partial charge in [0, 0.05) is 11.9 Å². The van der Waals surface area contributed by atoms with Gasteiger partial charge in [-0.1, -0.05) is 6.07 Å². The van der Waals surface area contributed by atoms with Crippen molar-refractivity contribution in [2.75, 3.05) is 18.0 Å². The van der Waals surface area contributed by atoms with Gasteiger partial charge in [0.05, 0.1) is 31.4 Å². The number of ketones is 1. The van der Waals surface area contributed by atoms with E-state index in [0.717, 1.165) is 5.56 Å². The molecule has 0 bridgehead atoms. The van der Waals surface area contributed by atoms with Crippen LogP contribution in [0.25, 0.3) is 0 Å². The van der Waals surface area contributed by atoms with Crippen LogP contribution in [0.3, 0.4) is 0 Å². The number of anilines is 1. The lowest BCUT2D eigenvalue weighted by molar-refractivity contribution is -0.237. The third kappa shape index (κ3) is 3.22. The molecule has 0 radical (unpaired) electrons. The molecule has 0 spiro atoms. The zero-order chi connectivity index (χ0) is 18.4. The van der Waals surface area contributed by atoms with E-state index in [2.05, 4.69) is 10.1 Å². The monoisotopic (exact) mass is 356 g/mol. The third-order valence-corrected chi connectivity index (χ3v) is 4.27. The molecule has 0 aromatic carbocycles. The van der Waals surface area contributed by atoms with E-state index in [1.807, 2.05) is 0 Å². The molecule has 3 heterocycles. The van der Waals surface area contributed by atoms with Crippen LogP contribution in [0.1, 0.15) is 28.5 Å². The Labute approximate surface area is 141 Å². The fourth-order valence-electron chi connectivity index (χ4n) is 2.63. The molecule has 1 aliphatic rings. The molecule has 0 aliphatic carbocycles. The Morgan fingerprint density at radius 3 is 2.52 bits per heavy atom. The van der Waals surface area contributed by atoms with E-state index in [1.165, 1.54) is 18.0 Å². The van der Waals surface area contributed by atoms with Gasteiger partial charge in [0.25, 0.3) is 0 Å². The van der Waals surface area contributed by atoms with Crippen LogP contribution in [-0.2, 0) is 6.54 Å². The topological polar surface area (TPSA) is 51.0 Å². The van der Waals surface area contributed by atoms with E-state index in [9.17, 15) is 22.4 Å². The molecule has 1 aliphatic heterocycles. The van der Waals surface area contributed by atoms with Crippen LogP contribution >= 0.6 is 0 Å². The van der Waals surface area contributed by atoms with Crippen LogP contribution in [0.5, 0.6) is 0 Å². The van der Waals surface area contributed by atoms with Crippen LogP contribution in [0.15, 0.2) is 24.5 Å². The van der Waals surface area contributed by atoms with Crippen molar-refractivity contribution >= 4 is 11.6 Å². The minimum Gasteiger partial charge on any atom is -0.349 e. The second-order valence-electron chi connectivity index (χ2n) is 6.22. The fourth-order valence-corrected chi connectivity index (χ4v) is 2.63. The predicted octanol–water partition coefficient (Wildman–Crippen LogP) is 2.93. The van der Waals surface area contributed by atoms with E-state index in [-0.39, 0.29) is 5.78 Å². The van der Waals surface area contributed by atoms with Gasteiger partial charge >= 0.3 is 6.18 Å². The summed E-state index contributed by atoms with van der Waals surface area (Å²) in [7, 11) is 0. The molecular weight excluding hydrogens is 340 g/mol. The molecule has 9 heteroatoms. The highest BCUT2D eigenvalue weighted by atomic mass is 19.4. The number of hydrogen-bond acceptors (Lipinski definition) is 4. The minimum atomic E-state index is -4.87. The summed E-state index contributed by atoms with van der Waals surface area (Å²) < 4.78 is 52.9. The van der Waals surface area contributed by atoms with E-state index < -0.39 is 24.9 Å². The lowest BCUT2D eigenvalue weighted by atomic mass is 9.95. The summed E-state index contributed by atoms with van der Waals surface area (Å²) in [5.74, 6) is 0.220. The van der Waals surface area contributed by atoms with E-state index in [0.29, 0.717) is 23.6 Å². The SMILES string of the molecule is CC(=O)c1cnn(Cc2ccc(N3CC(F)(C(F)(F)F)C3)nc2C)c1. The van der Waals surface area contributed by atoms with Crippen molar-refractivity contribution < 1.29 is 22.4 Å². The number of carbonyl (C=O) groups is 1. The van der Waals surface area contributed by atoms with Crippen LogP contribution in [0.2, 0.25) is 0 Å². The number of pyridine rings is 1. The first-order chi connectivity index (χ1) is 11.6. The molecule has 1 fully saturated rings. The Bertz CT molecular complexity index is 809. The average Bonchev–Trinajstić information content (AvgIpc) is 2.94. The quantitative estimate of drug-likeness (QED) is 0.624. The summed E-state index contributed by atoms with van der Waals surface area (Å²) in [6, 6.07) is 3.28. The van der Waals surface area contributed by atoms with Gasteiger partial charge in [-0.05, 0) is 25.5 Å². The first-order valence-corrected chi connectivity index (χ1v) is 7.59. The molecule has 0 saturated carbocycles. The summed E-state index contributed by atoms with van der Waals surface area (Å²) in [4.78, 5) is 16.8. The van der Waals surface area contributed by atoms with Crippen molar-refractivity contribution in [3.8, 4) is 0 Å². The molecule has 5 nitrogen and oxygen atoms in total. The van der Waals surface area contributed by atoms with Gasteiger partial charge in [0.15, 0.2) is 5.78 Å². The molecule has 3 rings (SSSR count). The maximum Gasteiger partial charge on any atom is 0.426 e. The van der Waals surface area contributed by atoms with Crippen molar-refractivity contribution in [3.63, 3.8) is 0 Å². The highest BCUT2D eigenvalue weighted by Gasteiger charge is 2.63. The Morgan fingerprint density at radius 1 is 1.32 bits per heavy atom. The van der Waals surface area contributed by atoms with Crippen molar-refractivity contribution in [3.05, 3.63) is 41.3 Å². The molecule has 1 saturated heterocycles. The summed E-state index contributed by atoms with van der Waals surface area (Å²) in [6.07, 6.45) is -1.78. The third-order valence-electron chi connectivity index (χ3n) is 4.27. The van der Waals surface area contributed by atoms with Gasteiger partial charge in [-0.25, -0.2) is 9.37 Å². The number of carbonyl (C=O) groups excluding carboxylic acids is 1. The number of Topliss-reactive ketones (excluding diaryl/α,β-unsaturated/α-hetero) is 1. The summed E-state index contributed by atoms with van der Waals surface area (Å²) in [5, 5.41) is 4.09. The van der Waals surface area contributed by atoms with E-state index >= 15 is 0 Å². The number of nitrogens with zero attached hydrogens (tertiary/aromatic N) is 4. The number of hydrogen-bond donors (Lipinski definition) is 0. The second-order valence-corrected chi connectivity index (χ2v) is 6.22. The average molecular weight is 356 g/mol. The van der Waals surface area contributed by atoms with Crippen LogP contribution in [0.4, 0.5) is 23.4 Å². The standard InChI is InChI=1S/C16H16F4N4O/c1-10-12(6-24-7-13(5-21-24)11(2)25)3-4-14(22-10)23-8-15(17,9-23)16(18,19)20/h3-5,7H,6,8-9H2,1-2H3. The first-order valence-electron chi connectivity index (χ1n) is 7.59. The number of alkyl halides is 4. The number of rotatable bonds is 4. The maximum absolute atomic E-state index is 13.7. The Balaban J connectivity index is 1.70. The molecule has 25 heavy (non-hydrogen) atoms. The van der Waals surface area contributed by atoms with E-state index in [4.69, 9.17) is 0 Å². The Morgan fingerprint density at radius 2 is 2.00 bits per heavy atom. The minimum absolute atomic E-state index is 0.0893. The zero-order valence-corrected chi connectivity index (χ0v) is 13.6. The van der Waals surface area contributed by atoms with Gasteiger partial charge in [0.2, 0.25) is 5.67 Å². The smallest absolute Gasteiger partial charge is 0.349 e. The molecule has 134 valence electrons. The Kier molecular flexibility index (Phi) is 4.04. The molecule has 2 aromatic rings. The van der Waals surface area contributed by atoms with Gasteiger partial charge in [-0.2, -0.15) is 18.3 Å². The highest BCUT2D eigenvalue weighted by molar-refractivity contribution is 5.93. The molecule has 0 unspecified atom stereocenters. The summed E-state index contributed by atoms with van der Waals surface area (Å²) in [6.45, 7) is 2.05. The number of halogens is 4. The van der Waals surface area contributed by atoms with E-state index in [1.54, 1.807) is 29.9 Å². The largest absolute Gasteiger partial charge is 0.426 e. The van der Waals surface area contributed by atoms with Gasteiger partial charge in [0.1, 0.15) is 5.82 Å². The first kappa shape index (κ1) is 17.4. The fraction of sp³-hybridized carbons (Fsp3) is 0.438. The van der Waals surface area contributed by atoms with Crippen molar-refractivity contribution in [1.82, 2.24) is 14.8 Å². The van der Waals surface area contributed by atoms with Crippen molar-refractivity contribution in [2.24, 2.45) is 0 Å². The van der Waals surface area contributed by atoms with Gasteiger partial charge in [-0.15, -0.1) is 0 Å². The van der Waals surface area contributed by atoms with Crippen molar-refractivity contribution in [1.29, 1.82) is 0 Å². The van der Waals surface area contributed by atoms with Gasteiger partial charge in [-0.3, -0.25) is 9.48 Å². The van der Waals surface area contributed by atoms with Gasteiger partial charge < -0.3 is 4.90 Å². The molecule has 2 aromatic heterocycles. The molecule has 0 amide bonds. The Hall–Kier alpha value is -2.45. The molecule has 0 atom stereocenters. The second kappa shape index (κ2) is 5.82. The molecule has 0 N–H and O–H groups in total.